The highest BCUT2D eigenvalue weighted by Gasteiger charge is 2.56. The third-order valence-corrected chi connectivity index (χ3v) is 7.48. The lowest BCUT2D eigenvalue weighted by Crippen LogP contribution is -2.57. The van der Waals surface area contributed by atoms with E-state index >= 15 is 0 Å². The number of rotatable bonds is 6. The maximum Gasteiger partial charge on any atom is 0.411 e. The summed E-state index contributed by atoms with van der Waals surface area (Å²) >= 11 is 6.01. The number of hydrogen-bond donors (Lipinski definition) is 2. The molecule has 6 heteroatoms. The van der Waals surface area contributed by atoms with Crippen molar-refractivity contribution in [2.24, 2.45) is 0 Å². The Kier molecular flexibility index (Phi) is 6.84. The molecular formula is C29H31N3O2S. The molecule has 0 aromatic heterocycles. The van der Waals surface area contributed by atoms with Crippen molar-refractivity contribution in [1.29, 1.82) is 0 Å². The Labute approximate surface area is 212 Å². The Morgan fingerprint density at radius 1 is 1.03 bits per heavy atom. The van der Waals surface area contributed by atoms with Crippen LogP contribution in [0, 0.1) is 0 Å². The number of thiocarbonyl (C=S) groups is 1. The summed E-state index contributed by atoms with van der Waals surface area (Å²) < 4.78 is 6.16. The highest BCUT2D eigenvalue weighted by Crippen LogP contribution is 2.39. The standard InChI is InChI=1S/C29H31N3O2S/c1-21(22-10-4-2-5-11-22)31-27(35)26-29(16-18-30-19-17-29)34-28(33)32(26)20-24-14-8-9-15-25(24)23-12-6-3-7-13-23/h2-15,21,26,30H,16-20H2,1H3,(H,31,35). The summed E-state index contributed by atoms with van der Waals surface area (Å²) in [6, 6.07) is 28.5. The van der Waals surface area contributed by atoms with E-state index in [9.17, 15) is 4.79 Å². The predicted octanol–water partition coefficient (Wildman–Crippen LogP) is 5.47. The van der Waals surface area contributed by atoms with Gasteiger partial charge >= 0.3 is 6.09 Å². The number of hydrogen-bond acceptors (Lipinski definition) is 4. The van der Waals surface area contributed by atoms with Gasteiger partial charge in [0.1, 0.15) is 16.6 Å². The molecule has 2 saturated heterocycles. The van der Waals surface area contributed by atoms with Crippen LogP contribution in [0.1, 0.15) is 36.9 Å². The fourth-order valence-electron chi connectivity index (χ4n) is 5.30. The van der Waals surface area contributed by atoms with Crippen molar-refractivity contribution >= 4 is 23.3 Å². The molecule has 0 aliphatic carbocycles. The minimum atomic E-state index is -0.621. The molecule has 180 valence electrons. The predicted molar refractivity (Wildman–Crippen MR) is 143 cm³/mol. The first-order valence-electron chi connectivity index (χ1n) is 12.3. The van der Waals surface area contributed by atoms with Crippen molar-refractivity contribution in [3.05, 3.63) is 96.1 Å². The topological polar surface area (TPSA) is 53.6 Å². The molecule has 35 heavy (non-hydrogen) atoms. The second-order valence-electron chi connectivity index (χ2n) is 9.38. The Morgan fingerprint density at radius 3 is 2.37 bits per heavy atom. The van der Waals surface area contributed by atoms with Gasteiger partial charge in [0.25, 0.3) is 0 Å². The molecule has 0 radical (unpaired) electrons. The number of carbonyl (C=O) groups excluding carboxylic acids is 1. The molecule has 1 amide bonds. The van der Waals surface area contributed by atoms with Crippen LogP contribution in [0.2, 0.25) is 0 Å². The zero-order valence-corrected chi connectivity index (χ0v) is 20.8. The third kappa shape index (κ3) is 4.81. The molecule has 2 heterocycles. The maximum atomic E-state index is 13.4. The van der Waals surface area contributed by atoms with Crippen LogP contribution >= 0.6 is 12.2 Å². The zero-order chi connectivity index (χ0) is 24.3. The molecule has 1 spiro atoms. The Morgan fingerprint density at radius 2 is 1.66 bits per heavy atom. The Balaban J connectivity index is 1.46. The van der Waals surface area contributed by atoms with Gasteiger partial charge in [-0.3, -0.25) is 4.90 Å². The van der Waals surface area contributed by atoms with Crippen LogP contribution < -0.4 is 10.6 Å². The van der Waals surface area contributed by atoms with Crippen LogP contribution in [0.5, 0.6) is 0 Å². The molecule has 2 aliphatic heterocycles. The molecule has 2 unspecified atom stereocenters. The average Bonchev–Trinajstić information content (AvgIpc) is 3.15. The first-order valence-corrected chi connectivity index (χ1v) is 12.7. The minimum absolute atomic E-state index is 0.0247. The fraction of sp³-hybridized carbons (Fsp3) is 0.310. The van der Waals surface area contributed by atoms with Crippen molar-refractivity contribution < 1.29 is 9.53 Å². The first kappa shape index (κ1) is 23.5. The number of nitrogens with one attached hydrogen (secondary N) is 2. The van der Waals surface area contributed by atoms with E-state index in [0.717, 1.165) is 48.2 Å². The van der Waals surface area contributed by atoms with E-state index in [-0.39, 0.29) is 18.2 Å². The van der Waals surface area contributed by atoms with Gasteiger partial charge in [-0.15, -0.1) is 0 Å². The molecule has 2 atom stereocenters. The molecule has 5 rings (SSSR count). The Hall–Kier alpha value is -3.22. The first-order chi connectivity index (χ1) is 17.1. The number of carbonyl (C=O) groups is 1. The monoisotopic (exact) mass is 485 g/mol. The SMILES string of the molecule is CC(NC(=S)C1N(Cc2ccccc2-c2ccccc2)C(=O)OC12CCNCC2)c1ccccc1. The van der Waals surface area contributed by atoms with Crippen LogP contribution in [0.15, 0.2) is 84.9 Å². The lowest BCUT2D eigenvalue weighted by molar-refractivity contribution is 0.0213. The molecule has 3 aromatic carbocycles. The lowest BCUT2D eigenvalue weighted by atomic mass is 9.84. The van der Waals surface area contributed by atoms with Crippen LogP contribution in [0.25, 0.3) is 11.1 Å². The van der Waals surface area contributed by atoms with Crippen LogP contribution in [-0.2, 0) is 11.3 Å². The van der Waals surface area contributed by atoms with E-state index in [4.69, 9.17) is 17.0 Å². The van der Waals surface area contributed by atoms with Gasteiger partial charge in [-0.1, -0.05) is 97.1 Å². The van der Waals surface area contributed by atoms with E-state index < -0.39 is 5.60 Å². The number of benzene rings is 3. The van der Waals surface area contributed by atoms with Crippen LogP contribution in [0.4, 0.5) is 4.79 Å². The lowest BCUT2D eigenvalue weighted by Gasteiger charge is -2.39. The molecule has 5 nitrogen and oxygen atoms in total. The summed E-state index contributed by atoms with van der Waals surface area (Å²) in [5, 5.41) is 6.93. The van der Waals surface area contributed by atoms with E-state index in [0.29, 0.717) is 11.5 Å². The van der Waals surface area contributed by atoms with Gasteiger partial charge in [-0.05, 0) is 42.3 Å². The van der Waals surface area contributed by atoms with Crippen molar-refractivity contribution in [3.8, 4) is 11.1 Å². The highest BCUT2D eigenvalue weighted by atomic mass is 32.1. The van der Waals surface area contributed by atoms with Crippen LogP contribution in [-0.4, -0.2) is 40.7 Å². The highest BCUT2D eigenvalue weighted by molar-refractivity contribution is 7.80. The van der Waals surface area contributed by atoms with E-state index in [1.807, 2.05) is 53.4 Å². The van der Waals surface area contributed by atoms with Gasteiger partial charge in [0.2, 0.25) is 0 Å². The number of amides is 1. The van der Waals surface area contributed by atoms with Crippen molar-refractivity contribution in [3.63, 3.8) is 0 Å². The number of ether oxygens (including phenoxy) is 1. The summed E-state index contributed by atoms with van der Waals surface area (Å²) in [6.45, 7) is 4.14. The van der Waals surface area contributed by atoms with E-state index in [2.05, 4.69) is 54.0 Å². The molecule has 2 fully saturated rings. The summed E-state index contributed by atoms with van der Waals surface area (Å²) in [4.78, 5) is 15.9. The van der Waals surface area contributed by atoms with Gasteiger partial charge in [0.05, 0.1) is 6.54 Å². The molecule has 0 bridgehead atoms. The van der Waals surface area contributed by atoms with Crippen molar-refractivity contribution in [2.45, 2.75) is 44.0 Å². The van der Waals surface area contributed by atoms with Gasteiger partial charge < -0.3 is 15.4 Å². The fourth-order valence-corrected chi connectivity index (χ4v) is 5.82. The van der Waals surface area contributed by atoms with Crippen LogP contribution in [0.3, 0.4) is 0 Å². The average molecular weight is 486 g/mol. The normalized spacial score (nSPS) is 19.9. The van der Waals surface area contributed by atoms with Gasteiger partial charge in [-0.25, -0.2) is 4.79 Å². The van der Waals surface area contributed by atoms with Gasteiger partial charge in [-0.2, -0.15) is 0 Å². The number of nitrogens with zero attached hydrogens (tertiary/aromatic N) is 1. The number of piperidine rings is 1. The minimum Gasteiger partial charge on any atom is -0.440 e. The summed E-state index contributed by atoms with van der Waals surface area (Å²) in [5.74, 6) is 0. The van der Waals surface area contributed by atoms with Crippen molar-refractivity contribution in [1.82, 2.24) is 15.5 Å². The van der Waals surface area contributed by atoms with Crippen molar-refractivity contribution in [2.75, 3.05) is 13.1 Å². The molecule has 2 aliphatic rings. The zero-order valence-electron chi connectivity index (χ0n) is 19.9. The molecule has 3 aromatic rings. The van der Waals surface area contributed by atoms with Gasteiger partial charge in [0.15, 0.2) is 0 Å². The smallest absolute Gasteiger partial charge is 0.411 e. The van der Waals surface area contributed by atoms with Gasteiger partial charge in [0, 0.05) is 18.9 Å². The second-order valence-corrected chi connectivity index (χ2v) is 9.82. The molecular weight excluding hydrogens is 454 g/mol. The quantitative estimate of drug-likeness (QED) is 0.453. The summed E-state index contributed by atoms with van der Waals surface area (Å²) in [5.41, 5.74) is 3.85. The van der Waals surface area contributed by atoms with E-state index in [1.165, 1.54) is 0 Å². The molecule has 2 N–H and O–H groups in total. The molecule has 0 saturated carbocycles. The van der Waals surface area contributed by atoms with E-state index in [1.54, 1.807) is 0 Å². The Bertz CT molecular complexity index is 1180. The maximum absolute atomic E-state index is 13.4. The largest absolute Gasteiger partial charge is 0.440 e. The summed E-state index contributed by atoms with van der Waals surface area (Å²) in [6.07, 6.45) is 1.18. The third-order valence-electron chi connectivity index (χ3n) is 7.13. The summed E-state index contributed by atoms with van der Waals surface area (Å²) in [7, 11) is 0. The second kappa shape index (κ2) is 10.2.